The van der Waals surface area contributed by atoms with E-state index < -0.39 is 0 Å². The predicted octanol–water partition coefficient (Wildman–Crippen LogP) is 2.47. The molecule has 0 bridgehead atoms. The van der Waals surface area contributed by atoms with Gasteiger partial charge in [-0.1, -0.05) is 18.2 Å². The molecule has 2 nitrogen and oxygen atoms in total. The summed E-state index contributed by atoms with van der Waals surface area (Å²) in [5, 5.41) is 17.5. The monoisotopic (exact) mass is 140 g/mol. The Labute approximate surface area is 60.8 Å². The quantitative estimate of drug-likeness (QED) is 0.457. The molecular formula is C8H12O2. The molecule has 10 heavy (non-hydrogen) atoms. The van der Waals surface area contributed by atoms with Crippen molar-refractivity contribution < 1.29 is 10.2 Å². The molecule has 0 heterocycles. The van der Waals surface area contributed by atoms with E-state index in [1.807, 2.05) is 19.9 Å². The Morgan fingerprint density at radius 2 is 1.90 bits per heavy atom. The highest BCUT2D eigenvalue weighted by atomic mass is 16.3. The topological polar surface area (TPSA) is 40.5 Å². The Bertz CT molecular complexity index is 187. The molecular weight excluding hydrogens is 128 g/mol. The largest absolute Gasteiger partial charge is 0.505 e. The first-order chi connectivity index (χ1) is 4.57. The molecule has 0 fully saturated rings. The Kier molecular flexibility index (Phi) is 3.33. The molecule has 0 amide bonds. The fourth-order valence-electron chi connectivity index (χ4n) is 0.382. The van der Waals surface area contributed by atoms with E-state index in [4.69, 9.17) is 10.2 Å². The molecule has 0 aliphatic carbocycles. The number of allylic oxidation sites excluding steroid dienone is 3. The number of hydrogen-bond acceptors (Lipinski definition) is 2. The first-order valence-electron chi connectivity index (χ1n) is 2.99. The van der Waals surface area contributed by atoms with E-state index in [1.165, 1.54) is 6.08 Å². The van der Waals surface area contributed by atoms with Gasteiger partial charge in [0.25, 0.3) is 0 Å². The maximum atomic E-state index is 8.90. The first-order valence-corrected chi connectivity index (χ1v) is 2.99. The van der Waals surface area contributed by atoms with Crippen molar-refractivity contribution in [1.82, 2.24) is 0 Å². The molecule has 0 unspecified atom stereocenters. The van der Waals surface area contributed by atoms with E-state index in [2.05, 4.69) is 6.58 Å². The molecule has 0 radical (unpaired) electrons. The van der Waals surface area contributed by atoms with E-state index in [9.17, 15) is 0 Å². The predicted molar refractivity (Wildman–Crippen MR) is 41.9 cm³/mol. The lowest BCUT2D eigenvalue weighted by Gasteiger charge is -1.95. The fraction of sp³-hybridized carbons (Fsp3) is 0.250. The van der Waals surface area contributed by atoms with Crippen LogP contribution in [0.1, 0.15) is 13.8 Å². The Hall–Kier alpha value is -1.18. The van der Waals surface area contributed by atoms with Crippen molar-refractivity contribution in [2.24, 2.45) is 0 Å². The van der Waals surface area contributed by atoms with Gasteiger partial charge in [0.2, 0.25) is 0 Å². The lowest BCUT2D eigenvalue weighted by atomic mass is 10.2. The molecule has 0 aliphatic rings. The molecule has 0 rings (SSSR count). The number of hydrogen-bond donors (Lipinski definition) is 2. The van der Waals surface area contributed by atoms with E-state index in [1.54, 1.807) is 0 Å². The molecule has 2 heteroatoms. The van der Waals surface area contributed by atoms with Gasteiger partial charge < -0.3 is 10.2 Å². The van der Waals surface area contributed by atoms with Gasteiger partial charge in [0.05, 0.1) is 0 Å². The molecule has 0 spiro atoms. The van der Waals surface area contributed by atoms with E-state index in [-0.39, 0.29) is 11.5 Å². The van der Waals surface area contributed by atoms with Crippen LogP contribution in [0.25, 0.3) is 0 Å². The van der Waals surface area contributed by atoms with E-state index in [0.29, 0.717) is 0 Å². The smallest absolute Gasteiger partial charge is 0.156 e. The summed E-state index contributed by atoms with van der Waals surface area (Å²) in [6.07, 6.45) is 3.27. The van der Waals surface area contributed by atoms with Crippen molar-refractivity contribution in [3.05, 3.63) is 35.8 Å². The van der Waals surface area contributed by atoms with Crippen LogP contribution in [0.2, 0.25) is 0 Å². The summed E-state index contributed by atoms with van der Waals surface area (Å²) >= 11 is 0. The molecule has 0 aromatic rings. The molecule has 56 valence electrons. The number of aliphatic hydroxyl groups is 2. The van der Waals surface area contributed by atoms with Crippen LogP contribution < -0.4 is 0 Å². The van der Waals surface area contributed by atoms with Crippen LogP contribution in [0.4, 0.5) is 0 Å². The van der Waals surface area contributed by atoms with Crippen molar-refractivity contribution in [2.45, 2.75) is 13.8 Å². The number of aliphatic hydroxyl groups excluding tert-OH is 2. The van der Waals surface area contributed by atoms with E-state index in [0.717, 1.165) is 5.57 Å². The average molecular weight is 140 g/mol. The Balaban J connectivity index is 4.31. The highest BCUT2D eigenvalue weighted by Crippen LogP contribution is 2.03. The van der Waals surface area contributed by atoms with Crippen molar-refractivity contribution in [2.75, 3.05) is 0 Å². The third-order valence-corrected chi connectivity index (χ3v) is 1.12. The summed E-state index contributed by atoms with van der Waals surface area (Å²) in [5.41, 5.74) is 0.882. The van der Waals surface area contributed by atoms with Gasteiger partial charge in [-0.25, -0.2) is 0 Å². The van der Waals surface area contributed by atoms with Crippen LogP contribution in [0.5, 0.6) is 0 Å². The molecule has 0 aliphatic heterocycles. The standard InChI is InChI=1S/C8H12O2/c1-4-6(2)5-8(10)7(3)9/h4-5,9-10H,3H2,1-2H3/b6-4-,8-5+. The molecule has 0 atom stereocenters. The van der Waals surface area contributed by atoms with Crippen LogP contribution in [0, 0.1) is 0 Å². The average Bonchev–Trinajstić information content (AvgIpc) is 1.87. The summed E-state index contributed by atoms with van der Waals surface area (Å²) in [5.74, 6) is -0.489. The maximum Gasteiger partial charge on any atom is 0.156 e. The maximum absolute atomic E-state index is 8.90. The Morgan fingerprint density at radius 1 is 1.40 bits per heavy atom. The summed E-state index contributed by atoms with van der Waals surface area (Å²) in [4.78, 5) is 0. The van der Waals surface area contributed by atoms with Gasteiger partial charge in [-0.3, -0.25) is 0 Å². The highest BCUT2D eigenvalue weighted by molar-refractivity contribution is 5.25. The summed E-state index contributed by atoms with van der Waals surface area (Å²) in [7, 11) is 0. The highest BCUT2D eigenvalue weighted by Gasteiger charge is 1.93. The fourth-order valence-corrected chi connectivity index (χ4v) is 0.382. The zero-order chi connectivity index (χ0) is 8.15. The van der Waals surface area contributed by atoms with Crippen LogP contribution >= 0.6 is 0 Å². The second-order valence-electron chi connectivity index (χ2n) is 2.01. The summed E-state index contributed by atoms with van der Waals surface area (Å²) < 4.78 is 0. The van der Waals surface area contributed by atoms with Crippen molar-refractivity contribution in [1.29, 1.82) is 0 Å². The van der Waals surface area contributed by atoms with Gasteiger partial charge in [-0.15, -0.1) is 0 Å². The third kappa shape index (κ3) is 2.97. The zero-order valence-electron chi connectivity index (χ0n) is 6.26. The minimum atomic E-state index is -0.304. The van der Waals surface area contributed by atoms with Crippen molar-refractivity contribution in [3.8, 4) is 0 Å². The summed E-state index contributed by atoms with van der Waals surface area (Å²) in [6.45, 7) is 6.82. The molecule has 0 saturated heterocycles. The van der Waals surface area contributed by atoms with Crippen LogP contribution in [0.15, 0.2) is 35.8 Å². The van der Waals surface area contributed by atoms with Crippen LogP contribution in [-0.2, 0) is 0 Å². The minimum Gasteiger partial charge on any atom is -0.505 e. The lowest BCUT2D eigenvalue weighted by Crippen LogP contribution is -1.84. The van der Waals surface area contributed by atoms with Gasteiger partial charge in [0, 0.05) is 0 Å². The minimum absolute atomic E-state index is 0.185. The Morgan fingerprint density at radius 3 is 2.20 bits per heavy atom. The first kappa shape index (κ1) is 8.82. The molecule has 0 aromatic heterocycles. The van der Waals surface area contributed by atoms with E-state index >= 15 is 0 Å². The van der Waals surface area contributed by atoms with Gasteiger partial charge in [-0.05, 0) is 19.9 Å². The second kappa shape index (κ2) is 3.77. The van der Waals surface area contributed by atoms with Gasteiger partial charge in [0.1, 0.15) is 5.76 Å². The SMILES string of the molecule is C=C(O)/C(O)=C\C(C)=C/C. The van der Waals surface area contributed by atoms with Crippen LogP contribution in [-0.4, -0.2) is 10.2 Å². The van der Waals surface area contributed by atoms with Gasteiger partial charge in [0.15, 0.2) is 5.76 Å². The molecule has 2 N–H and O–H groups in total. The molecule has 0 saturated carbocycles. The van der Waals surface area contributed by atoms with Crippen molar-refractivity contribution >= 4 is 0 Å². The van der Waals surface area contributed by atoms with Gasteiger partial charge in [-0.2, -0.15) is 0 Å². The summed E-state index contributed by atoms with van der Waals surface area (Å²) in [6, 6.07) is 0. The number of rotatable bonds is 2. The zero-order valence-corrected chi connectivity index (χ0v) is 6.26. The normalized spacial score (nSPS) is 13.4. The van der Waals surface area contributed by atoms with Crippen LogP contribution in [0.3, 0.4) is 0 Å². The molecule has 0 aromatic carbocycles. The lowest BCUT2D eigenvalue weighted by molar-refractivity contribution is 0.328. The third-order valence-electron chi connectivity index (χ3n) is 1.12. The van der Waals surface area contributed by atoms with Crippen molar-refractivity contribution in [3.63, 3.8) is 0 Å². The second-order valence-corrected chi connectivity index (χ2v) is 2.01. The van der Waals surface area contributed by atoms with Gasteiger partial charge >= 0.3 is 0 Å².